The third kappa shape index (κ3) is 6.35. The Morgan fingerprint density at radius 3 is 2.29 bits per heavy atom. The summed E-state index contributed by atoms with van der Waals surface area (Å²) >= 11 is 0. The quantitative estimate of drug-likeness (QED) is 0.528. The molecule has 0 atom stereocenters. The number of esters is 1. The Bertz CT molecular complexity index is 829. The van der Waals surface area contributed by atoms with Gasteiger partial charge in [-0.05, 0) is 41.5 Å². The fourth-order valence-corrected chi connectivity index (χ4v) is 2.30. The summed E-state index contributed by atoms with van der Waals surface area (Å²) in [5.74, 6) is 0.884. The molecule has 0 aliphatic heterocycles. The molecule has 0 aliphatic carbocycles. The molecule has 0 saturated heterocycles. The summed E-state index contributed by atoms with van der Waals surface area (Å²) in [4.78, 5) is 23.6. The molecule has 1 N–H and O–H groups in total. The number of nitrogens with one attached hydrogen (secondary N) is 1. The lowest BCUT2D eigenvalue weighted by Crippen LogP contribution is -2.28. The van der Waals surface area contributed by atoms with E-state index in [0.717, 1.165) is 16.9 Å². The standard InChI is InChI=1S/C21H23NO6/c1-25-17-8-4-16(5-9-17)13-22-20(23)14-28-21(24)11-7-15-6-10-18(26-2)19(12-15)27-3/h4-12H,13-14H2,1-3H3,(H,22,23)/b11-7+. The summed E-state index contributed by atoms with van der Waals surface area (Å²) in [5.41, 5.74) is 1.65. The molecule has 0 heterocycles. The van der Waals surface area contributed by atoms with Gasteiger partial charge in [-0.2, -0.15) is 0 Å². The average molecular weight is 385 g/mol. The Morgan fingerprint density at radius 2 is 1.64 bits per heavy atom. The third-order valence-electron chi connectivity index (χ3n) is 3.81. The minimum absolute atomic E-state index is 0.335. The van der Waals surface area contributed by atoms with Gasteiger partial charge in [0.05, 0.1) is 21.3 Å². The first-order chi connectivity index (χ1) is 13.5. The first-order valence-electron chi connectivity index (χ1n) is 8.52. The van der Waals surface area contributed by atoms with E-state index in [1.807, 2.05) is 12.1 Å². The zero-order valence-corrected chi connectivity index (χ0v) is 16.1. The zero-order chi connectivity index (χ0) is 20.4. The van der Waals surface area contributed by atoms with E-state index < -0.39 is 5.97 Å². The van der Waals surface area contributed by atoms with E-state index in [0.29, 0.717) is 18.0 Å². The Labute approximate surface area is 163 Å². The van der Waals surface area contributed by atoms with Gasteiger partial charge in [-0.3, -0.25) is 4.79 Å². The van der Waals surface area contributed by atoms with Gasteiger partial charge in [0.2, 0.25) is 0 Å². The van der Waals surface area contributed by atoms with Gasteiger partial charge in [-0.1, -0.05) is 18.2 Å². The van der Waals surface area contributed by atoms with Crippen LogP contribution in [-0.4, -0.2) is 39.8 Å². The van der Waals surface area contributed by atoms with Gasteiger partial charge in [-0.25, -0.2) is 4.79 Å². The van der Waals surface area contributed by atoms with E-state index in [4.69, 9.17) is 18.9 Å². The van der Waals surface area contributed by atoms with E-state index in [-0.39, 0.29) is 12.5 Å². The Balaban J connectivity index is 1.78. The molecular formula is C21H23NO6. The Hall–Kier alpha value is -3.48. The lowest BCUT2D eigenvalue weighted by atomic mass is 10.2. The van der Waals surface area contributed by atoms with Crippen LogP contribution in [0.25, 0.3) is 6.08 Å². The van der Waals surface area contributed by atoms with Crippen LogP contribution in [0.1, 0.15) is 11.1 Å². The van der Waals surface area contributed by atoms with Crippen LogP contribution >= 0.6 is 0 Å². The molecule has 7 nitrogen and oxygen atoms in total. The maximum atomic E-state index is 11.8. The second-order valence-electron chi connectivity index (χ2n) is 5.68. The topological polar surface area (TPSA) is 83.1 Å². The van der Waals surface area contributed by atoms with Crippen LogP contribution < -0.4 is 19.5 Å². The van der Waals surface area contributed by atoms with Crippen molar-refractivity contribution < 1.29 is 28.5 Å². The molecule has 2 aromatic carbocycles. The Kier molecular flexibility index (Phi) is 7.90. The van der Waals surface area contributed by atoms with Crippen molar-refractivity contribution in [2.75, 3.05) is 27.9 Å². The molecule has 7 heteroatoms. The molecule has 148 valence electrons. The number of carbonyl (C=O) groups is 2. The fraction of sp³-hybridized carbons (Fsp3) is 0.238. The second kappa shape index (κ2) is 10.6. The SMILES string of the molecule is COc1ccc(CNC(=O)COC(=O)/C=C/c2ccc(OC)c(OC)c2)cc1. The molecule has 28 heavy (non-hydrogen) atoms. The number of benzene rings is 2. The van der Waals surface area contributed by atoms with Gasteiger partial charge >= 0.3 is 5.97 Å². The van der Waals surface area contributed by atoms with Crippen LogP contribution in [0, 0.1) is 0 Å². The maximum absolute atomic E-state index is 11.8. The highest BCUT2D eigenvalue weighted by molar-refractivity contribution is 5.89. The number of ether oxygens (including phenoxy) is 4. The van der Waals surface area contributed by atoms with Crippen molar-refractivity contribution in [3.8, 4) is 17.2 Å². The zero-order valence-electron chi connectivity index (χ0n) is 16.1. The summed E-state index contributed by atoms with van der Waals surface area (Å²) in [7, 11) is 4.67. The van der Waals surface area contributed by atoms with E-state index >= 15 is 0 Å². The average Bonchev–Trinajstić information content (AvgIpc) is 2.74. The predicted octanol–water partition coefficient (Wildman–Crippen LogP) is 2.59. The van der Waals surface area contributed by atoms with E-state index in [9.17, 15) is 9.59 Å². The van der Waals surface area contributed by atoms with Crippen molar-refractivity contribution in [1.82, 2.24) is 5.32 Å². The summed E-state index contributed by atoms with van der Waals surface area (Å²) < 4.78 is 20.4. The molecule has 0 bridgehead atoms. The molecule has 0 radical (unpaired) electrons. The van der Waals surface area contributed by atoms with Crippen molar-refractivity contribution in [3.05, 3.63) is 59.7 Å². The second-order valence-corrected chi connectivity index (χ2v) is 5.68. The van der Waals surface area contributed by atoms with Crippen LogP contribution in [0.15, 0.2) is 48.5 Å². The summed E-state index contributed by atoms with van der Waals surface area (Å²) in [5, 5.41) is 2.68. The van der Waals surface area contributed by atoms with Gasteiger partial charge in [-0.15, -0.1) is 0 Å². The number of carbonyl (C=O) groups excluding carboxylic acids is 2. The van der Waals surface area contributed by atoms with Crippen LogP contribution in [0.3, 0.4) is 0 Å². The molecular weight excluding hydrogens is 362 g/mol. The highest BCUT2D eigenvalue weighted by Gasteiger charge is 2.06. The molecule has 0 aliphatic rings. The number of rotatable bonds is 9. The highest BCUT2D eigenvalue weighted by Crippen LogP contribution is 2.27. The van der Waals surface area contributed by atoms with Gasteiger partial charge < -0.3 is 24.3 Å². The molecule has 2 aromatic rings. The van der Waals surface area contributed by atoms with Crippen molar-refractivity contribution in [3.63, 3.8) is 0 Å². The molecule has 0 fully saturated rings. The van der Waals surface area contributed by atoms with Crippen molar-refractivity contribution in [1.29, 1.82) is 0 Å². The molecule has 0 spiro atoms. The number of hydrogen-bond acceptors (Lipinski definition) is 6. The minimum atomic E-state index is -0.616. The van der Waals surface area contributed by atoms with E-state index in [1.165, 1.54) is 13.2 Å². The van der Waals surface area contributed by atoms with Gasteiger partial charge in [0.15, 0.2) is 18.1 Å². The third-order valence-corrected chi connectivity index (χ3v) is 3.81. The van der Waals surface area contributed by atoms with Crippen LogP contribution in [-0.2, 0) is 20.9 Å². The lowest BCUT2D eigenvalue weighted by molar-refractivity contribution is -0.143. The normalized spacial score (nSPS) is 10.4. The molecule has 0 unspecified atom stereocenters. The first kappa shape index (κ1) is 20.8. The maximum Gasteiger partial charge on any atom is 0.331 e. The largest absolute Gasteiger partial charge is 0.497 e. The minimum Gasteiger partial charge on any atom is -0.497 e. The summed E-state index contributed by atoms with van der Waals surface area (Å²) in [6.45, 7) is -0.0207. The van der Waals surface area contributed by atoms with Crippen LogP contribution in [0.5, 0.6) is 17.2 Å². The Morgan fingerprint density at radius 1 is 0.929 bits per heavy atom. The predicted molar refractivity (Wildman–Crippen MR) is 104 cm³/mol. The molecule has 1 amide bonds. The van der Waals surface area contributed by atoms with Gasteiger partial charge in [0.25, 0.3) is 5.91 Å². The first-order valence-corrected chi connectivity index (χ1v) is 8.52. The summed E-state index contributed by atoms with van der Waals surface area (Å²) in [6, 6.07) is 12.5. The van der Waals surface area contributed by atoms with Crippen molar-refractivity contribution >= 4 is 18.0 Å². The fourth-order valence-electron chi connectivity index (χ4n) is 2.30. The van der Waals surface area contributed by atoms with Crippen molar-refractivity contribution in [2.24, 2.45) is 0 Å². The lowest BCUT2D eigenvalue weighted by Gasteiger charge is -2.07. The molecule has 2 rings (SSSR count). The van der Waals surface area contributed by atoms with E-state index in [1.54, 1.807) is 50.6 Å². The van der Waals surface area contributed by atoms with Gasteiger partial charge in [0, 0.05) is 12.6 Å². The molecule has 0 aromatic heterocycles. The number of methoxy groups -OCH3 is 3. The summed E-state index contributed by atoms with van der Waals surface area (Å²) in [6.07, 6.45) is 2.82. The van der Waals surface area contributed by atoms with Crippen LogP contribution in [0.4, 0.5) is 0 Å². The number of hydrogen-bond donors (Lipinski definition) is 1. The monoisotopic (exact) mass is 385 g/mol. The highest BCUT2D eigenvalue weighted by atomic mass is 16.5. The number of amides is 1. The smallest absolute Gasteiger partial charge is 0.331 e. The van der Waals surface area contributed by atoms with E-state index in [2.05, 4.69) is 5.32 Å². The van der Waals surface area contributed by atoms with Crippen molar-refractivity contribution in [2.45, 2.75) is 6.54 Å². The van der Waals surface area contributed by atoms with Gasteiger partial charge in [0.1, 0.15) is 5.75 Å². The van der Waals surface area contributed by atoms with Crippen LogP contribution in [0.2, 0.25) is 0 Å². The molecule has 0 saturated carbocycles.